The predicted octanol–water partition coefficient (Wildman–Crippen LogP) is 2.05. The number of aliphatic hydroxyl groups excluding tert-OH is 1. The van der Waals surface area contributed by atoms with Crippen molar-refractivity contribution in [1.29, 1.82) is 0 Å². The normalized spacial score (nSPS) is 12.4. The second-order valence-electron chi connectivity index (χ2n) is 6.45. The van der Waals surface area contributed by atoms with Crippen LogP contribution in [-0.4, -0.2) is 59.8 Å². The van der Waals surface area contributed by atoms with Crippen LogP contribution in [0, 0.1) is 0 Å². The summed E-state index contributed by atoms with van der Waals surface area (Å²) >= 11 is 0. The molecule has 23 heavy (non-hydrogen) atoms. The average Bonchev–Trinajstić information content (AvgIpc) is 2.47. The molecule has 0 radical (unpaired) electrons. The van der Waals surface area contributed by atoms with E-state index in [0.717, 1.165) is 5.56 Å². The van der Waals surface area contributed by atoms with Crippen molar-refractivity contribution in [3.8, 4) is 0 Å². The zero-order chi connectivity index (χ0) is 17.6. The molecule has 0 heterocycles. The molecular weight excluding hydrogens is 296 g/mol. The highest BCUT2D eigenvalue weighted by Crippen LogP contribution is 2.19. The number of benzene rings is 1. The number of ether oxygens (including phenoxy) is 1. The van der Waals surface area contributed by atoms with Gasteiger partial charge in [-0.2, -0.15) is 0 Å². The van der Waals surface area contributed by atoms with Gasteiger partial charge in [-0.15, -0.1) is 0 Å². The summed E-state index contributed by atoms with van der Waals surface area (Å²) in [5.41, 5.74) is 0.226. The molecule has 0 aliphatic rings. The zero-order valence-corrected chi connectivity index (χ0v) is 14.4. The van der Waals surface area contributed by atoms with Gasteiger partial charge in [0.15, 0.2) is 0 Å². The van der Waals surface area contributed by atoms with Crippen molar-refractivity contribution >= 4 is 12.0 Å². The molecule has 0 bridgehead atoms. The summed E-state index contributed by atoms with van der Waals surface area (Å²) in [6.07, 6.45) is -0.556. The highest BCUT2D eigenvalue weighted by Gasteiger charge is 2.25. The van der Waals surface area contributed by atoms with Crippen LogP contribution in [0.5, 0.6) is 0 Å². The van der Waals surface area contributed by atoms with Gasteiger partial charge >= 0.3 is 6.09 Å². The number of hydrogen-bond acceptors (Lipinski definition) is 4. The first-order valence-corrected chi connectivity index (χ1v) is 7.51. The third-order valence-electron chi connectivity index (χ3n) is 3.30. The fourth-order valence-electron chi connectivity index (χ4n) is 2.02. The molecule has 6 nitrogen and oxygen atoms in total. The quantitative estimate of drug-likeness (QED) is 0.901. The summed E-state index contributed by atoms with van der Waals surface area (Å²) < 4.78 is 5.22. The van der Waals surface area contributed by atoms with Crippen LogP contribution >= 0.6 is 0 Å². The van der Waals surface area contributed by atoms with E-state index in [1.54, 1.807) is 27.8 Å². The second-order valence-corrected chi connectivity index (χ2v) is 6.45. The van der Waals surface area contributed by atoms with E-state index in [0.29, 0.717) is 0 Å². The van der Waals surface area contributed by atoms with Gasteiger partial charge in [-0.1, -0.05) is 30.3 Å². The van der Waals surface area contributed by atoms with Gasteiger partial charge in [-0.25, -0.2) is 4.79 Å². The monoisotopic (exact) mass is 322 g/mol. The summed E-state index contributed by atoms with van der Waals surface area (Å²) in [5, 5.41) is 9.60. The molecule has 0 aromatic heterocycles. The molecule has 1 atom stereocenters. The summed E-state index contributed by atoms with van der Waals surface area (Å²) in [6, 6.07) is 8.82. The zero-order valence-electron chi connectivity index (χ0n) is 14.4. The largest absolute Gasteiger partial charge is 0.444 e. The van der Waals surface area contributed by atoms with Gasteiger partial charge in [-0.05, 0) is 26.3 Å². The van der Waals surface area contributed by atoms with Gasteiger partial charge in [0.1, 0.15) is 12.1 Å². The number of rotatable bonds is 5. The minimum atomic E-state index is -0.613. The Balaban J connectivity index is 2.70. The number of nitrogens with zero attached hydrogens (tertiary/aromatic N) is 2. The lowest BCUT2D eigenvalue weighted by Crippen LogP contribution is -2.43. The topological polar surface area (TPSA) is 70.1 Å². The van der Waals surface area contributed by atoms with Crippen molar-refractivity contribution in [2.24, 2.45) is 0 Å². The van der Waals surface area contributed by atoms with Crippen LogP contribution in [0.15, 0.2) is 30.3 Å². The van der Waals surface area contributed by atoms with Gasteiger partial charge < -0.3 is 19.6 Å². The summed E-state index contributed by atoms with van der Waals surface area (Å²) in [6.45, 7) is 4.99. The maximum Gasteiger partial charge on any atom is 0.410 e. The van der Waals surface area contributed by atoms with Crippen molar-refractivity contribution in [2.75, 3.05) is 27.2 Å². The molecule has 0 aliphatic heterocycles. The predicted molar refractivity (Wildman–Crippen MR) is 87.9 cm³/mol. The van der Waals surface area contributed by atoms with E-state index in [4.69, 9.17) is 4.74 Å². The van der Waals surface area contributed by atoms with E-state index in [2.05, 4.69) is 0 Å². The Hall–Kier alpha value is -2.08. The molecule has 0 saturated heterocycles. The Morgan fingerprint density at radius 1 is 1.17 bits per heavy atom. The Labute approximate surface area is 137 Å². The molecule has 0 spiro atoms. The van der Waals surface area contributed by atoms with Crippen LogP contribution in [0.2, 0.25) is 0 Å². The van der Waals surface area contributed by atoms with Crippen LogP contribution in [0.4, 0.5) is 4.79 Å². The van der Waals surface area contributed by atoms with E-state index < -0.39 is 17.7 Å². The fourth-order valence-corrected chi connectivity index (χ4v) is 2.02. The maximum atomic E-state index is 12.4. The summed E-state index contributed by atoms with van der Waals surface area (Å²) in [4.78, 5) is 26.9. The molecule has 0 unspecified atom stereocenters. The third kappa shape index (κ3) is 5.90. The molecule has 1 aromatic carbocycles. The van der Waals surface area contributed by atoms with Gasteiger partial charge in [-0.3, -0.25) is 4.79 Å². The van der Waals surface area contributed by atoms with E-state index in [1.807, 2.05) is 30.3 Å². The van der Waals surface area contributed by atoms with Gasteiger partial charge in [0.05, 0.1) is 12.6 Å². The lowest BCUT2D eigenvalue weighted by molar-refractivity contribution is -0.133. The minimum Gasteiger partial charge on any atom is -0.444 e. The highest BCUT2D eigenvalue weighted by atomic mass is 16.6. The van der Waals surface area contributed by atoms with Gasteiger partial charge in [0, 0.05) is 14.1 Å². The first kappa shape index (κ1) is 19.0. The Kier molecular flexibility index (Phi) is 6.57. The summed E-state index contributed by atoms with van der Waals surface area (Å²) in [7, 11) is 3.12. The lowest BCUT2D eigenvalue weighted by Gasteiger charge is -2.29. The molecule has 128 valence electrons. The van der Waals surface area contributed by atoms with Crippen LogP contribution in [-0.2, 0) is 9.53 Å². The van der Waals surface area contributed by atoms with E-state index in [-0.39, 0.29) is 19.1 Å². The number of amides is 2. The number of likely N-dealkylation sites (N-methyl/N-ethyl adjacent to an activating group) is 2. The molecule has 1 aromatic rings. The van der Waals surface area contributed by atoms with E-state index in [9.17, 15) is 14.7 Å². The minimum absolute atomic E-state index is 0.116. The second kappa shape index (κ2) is 7.97. The van der Waals surface area contributed by atoms with Gasteiger partial charge in [0.2, 0.25) is 5.91 Å². The number of aliphatic hydroxyl groups is 1. The lowest BCUT2D eigenvalue weighted by atomic mass is 10.1. The number of hydrogen-bond donors (Lipinski definition) is 1. The molecule has 0 saturated carbocycles. The van der Waals surface area contributed by atoms with Crippen molar-refractivity contribution < 1.29 is 19.4 Å². The van der Waals surface area contributed by atoms with Crippen LogP contribution < -0.4 is 0 Å². The molecule has 0 aliphatic carbocycles. The van der Waals surface area contributed by atoms with Crippen molar-refractivity contribution in [3.05, 3.63) is 35.9 Å². The average molecular weight is 322 g/mol. The smallest absolute Gasteiger partial charge is 0.410 e. The van der Waals surface area contributed by atoms with E-state index in [1.165, 1.54) is 16.8 Å². The van der Waals surface area contributed by atoms with Gasteiger partial charge in [0.25, 0.3) is 0 Å². The van der Waals surface area contributed by atoms with Crippen LogP contribution in [0.1, 0.15) is 32.4 Å². The highest BCUT2D eigenvalue weighted by molar-refractivity contribution is 5.82. The maximum absolute atomic E-state index is 12.4. The molecule has 6 heteroatoms. The SMILES string of the molecule is CN(CC(=O)N(C)[C@@H](CO)c1ccccc1)C(=O)OC(C)(C)C. The summed E-state index contributed by atoms with van der Waals surface area (Å²) in [5.74, 6) is -0.277. The standard InChI is InChI=1S/C17H26N2O4/c1-17(2,3)23-16(22)18(4)11-15(21)19(5)14(12-20)13-9-7-6-8-10-13/h6-10,14,20H,11-12H2,1-5H3/t14-/m0/s1. The van der Waals surface area contributed by atoms with E-state index >= 15 is 0 Å². The number of carbonyl (C=O) groups excluding carboxylic acids is 2. The van der Waals surface area contributed by atoms with Crippen LogP contribution in [0.3, 0.4) is 0 Å². The van der Waals surface area contributed by atoms with Crippen molar-refractivity contribution in [3.63, 3.8) is 0 Å². The Bertz CT molecular complexity index is 525. The Morgan fingerprint density at radius 2 is 1.74 bits per heavy atom. The van der Waals surface area contributed by atoms with Crippen molar-refractivity contribution in [2.45, 2.75) is 32.4 Å². The molecule has 0 fully saturated rings. The third-order valence-corrected chi connectivity index (χ3v) is 3.30. The molecule has 1 N–H and O–H groups in total. The molecular formula is C17H26N2O4. The first-order chi connectivity index (χ1) is 10.7. The molecule has 1 rings (SSSR count). The molecule has 2 amide bonds. The van der Waals surface area contributed by atoms with Crippen LogP contribution in [0.25, 0.3) is 0 Å². The fraction of sp³-hybridized carbons (Fsp3) is 0.529. The van der Waals surface area contributed by atoms with Crippen molar-refractivity contribution in [1.82, 2.24) is 9.80 Å². The first-order valence-electron chi connectivity index (χ1n) is 7.51. The Morgan fingerprint density at radius 3 is 2.22 bits per heavy atom. The number of carbonyl (C=O) groups is 2.